The van der Waals surface area contributed by atoms with Gasteiger partial charge in [0.1, 0.15) is 0 Å². The van der Waals surface area contributed by atoms with Crippen molar-refractivity contribution < 1.29 is 4.79 Å². The Morgan fingerprint density at radius 2 is 1.75 bits per heavy atom. The smallest absolute Gasteiger partial charge is 0.222 e. The topological polar surface area (TPSA) is 23.6 Å². The van der Waals surface area contributed by atoms with Crippen LogP contribution in [0.1, 0.15) is 51.0 Å². The SMILES string of the molecule is CC(C)CC(=O)N1CCC2(CCN(C)CC2c2ccccc2)CC1. The Kier molecular flexibility index (Phi) is 5.29. The fourth-order valence-electron chi connectivity index (χ4n) is 4.61. The molecule has 0 saturated carbocycles. The molecule has 2 aliphatic heterocycles. The van der Waals surface area contributed by atoms with Crippen molar-refractivity contribution >= 4 is 5.91 Å². The summed E-state index contributed by atoms with van der Waals surface area (Å²) in [7, 11) is 2.24. The van der Waals surface area contributed by atoms with Gasteiger partial charge in [0.15, 0.2) is 0 Å². The Morgan fingerprint density at radius 1 is 1.12 bits per heavy atom. The molecule has 0 radical (unpaired) electrons. The third-order valence-electron chi connectivity index (χ3n) is 6.12. The molecule has 0 aromatic heterocycles. The van der Waals surface area contributed by atoms with E-state index >= 15 is 0 Å². The molecule has 0 bridgehead atoms. The lowest BCUT2D eigenvalue weighted by molar-refractivity contribution is -0.135. The predicted octanol–water partition coefficient (Wildman–Crippen LogP) is 3.76. The van der Waals surface area contributed by atoms with Crippen molar-refractivity contribution in [1.82, 2.24) is 9.80 Å². The molecule has 3 nitrogen and oxygen atoms in total. The van der Waals surface area contributed by atoms with Gasteiger partial charge in [0, 0.05) is 32.0 Å². The molecule has 1 aromatic carbocycles. The third kappa shape index (κ3) is 3.66. The molecule has 2 fully saturated rings. The molecule has 1 atom stereocenters. The first-order valence-electron chi connectivity index (χ1n) is 9.51. The molecule has 2 aliphatic rings. The molecule has 0 N–H and O–H groups in total. The fraction of sp³-hybridized carbons (Fsp3) is 0.667. The largest absolute Gasteiger partial charge is 0.343 e. The van der Waals surface area contributed by atoms with Crippen LogP contribution in [-0.4, -0.2) is 48.9 Å². The van der Waals surface area contributed by atoms with E-state index in [0.717, 1.165) is 32.5 Å². The quantitative estimate of drug-likeness (QED) is 0.843. The average Bonchev–Trinajstić information content (AvgIpc) is 2.58. The van der Waals surface area contributed by atoms with Crippen LogP contribution in [0.15, 0.2) is 30.3 Å². The molecule has 1 spiro atoms. The van der Waals surface area contributed by atoms with Gasteiger partial charge in [-0.15, -0.1) is 0 Å². The van der Waals surface area contributed by atoms with E-state index in [1.807, 2.05) is 0 Å². The van der Waals surface area contributed by atoms with Gasteiger partial charge in [-0.05, 0) is 49.8 Å². The van der Waals surface area contributed by atoms with Crippen LogP contribution in [0.3, 0.4) is 0 Å². The zero-order valence-corrected chi connectivity index (χ0v) is 15.5. The summed E-state index contributed by atoms with van der Waals surface area (Å²) in [5, 5.41) is 0. The molecule has 1 amide bonds. The number of carbonyl (C=O) groups is 1. The van der Waals surface area contributed by atoms with Gasteiger partial charge in [0.05, 0.1) is 0 Å². The van der Waals surface area contributed by atoms with E-state index in [0.29, 0.717) is 29.6 Å². The first kappa shape index (κ1) is 17.5. The second-order valence-electron chi connectivity index (χ2n) is 8.32. The first-order chi connectivity index (χ1) is 11.5. The number of carbonyl (C=O) groups excluding carboxylic acids is 1. The van der Waals surface area contributed by atoms with E-state index in [9.17, 15) is 4.79 Å². The summed E-state index contributed by atoms with van der Waals surface area (Å²) < 4.78 is 0. The number of piperidine rings is 2. The first-order valence-corrected chi connectivity index (χ1v) is 9.51. The second-order valence-corrected chi connectivity index (χ2v) is 8.32. The lowest BCUT2D eigenvalue weighted by atomic mass is 9.62. The van der Waals surface area contributed by atoms with Crippen LogP contribution in [0.25, 0.3) is 0 Å². The molecule has 2 heterocycles. The van der Waals surface area contributed by atoms with Crippen LogP contribution in [0.2, 0.25) is 0 Å². The minimum atomic E-state index is 0.351. The Hall–Kier alpha value is -1.35. The number of hydrogen-bond donors (Lipinski definition) is 0. The zero-order chi connectivity index (χ0) is 17.2. The molecule has 132 valence electrons. The normalized spacial score (nSPS) is 24.5. The maximum Gasteiger partial charge on any atom is 0.222 e. The van der Waals surface area contributed by atoms with Crippen LogP contribution < -0.4 is 0 Å². The van der Waals surface area contributed by atoms with Crippen molar-refractivity contribution in [3.8, 4) is 0 Å². The summed E-state index contributed by atoms with van der Waals surface area (Å²) in [6, 6.07) is 11.0. The van der Waals surface area contributed by atoms with Crippen LogP contribution in [0.4, 0.5) is 0 Å². The maximum absolute atomic E-state index is 12.4. The molecule has 24 heavy (non-hydrogen) atoms. The predicted molar refractivity (Wildman–Crippen MR) is 99.0 cm³/mol. The molecule has 1 unspecified atom stereocenters. The second kappa shape index (κ2) is 7.26. The van der Waals surface area contributed by atoms with E-state index in [4.69, 9.17) is 0 Å². The summed E-state index contributed by atoms with van der Waals surface area (Å²) >= 11 is 0. The lowest BCUT2D eigenvalue weighted by Gasteiger charge is -2.51. The number of nitrogens with zero attached hydrogens (tertiary/aromatic N) is 2. The monoisotopic (exact) mass is 328 g/mol. The van der Waals surface area contributed by atoms with Crippen molar-refractivity contribution in [3.05, 3.63) is 35.9 Å². The molecule has 0 aliphatic carbocycles. The van der Waals surface area contributed by atoms with E-state index in [2.05, 4.69) is 61.0 Å². The molecule has 3 heteroatoms. The Morgan fingerprint density at radius 3 is 2.38 bits per heavy atom. The van der Waals surface area contributed by atoms with E-state index in [1.165, 1.54) is 18.5 Å². The standard InChI is InChI=1S/C21H32N2O/c1-17(2)15-20(24)23-13-10-21(11-14-23)9-12-22(3)16-19(21)18-7-5-4-6-8-18/h4-8,17,19H,9-16H2,1-3H3. The number of hydrogen-bond acceptors (Lipinski definition) is 2. The number of likely N-dealkylation sites (tertiary alicyclic amines) is 2. The van der Waals surface area contributed by atoms with Gasteiger partial charge < -0.3 is 9.80 Å². The minimum Gasteiger partial charge on any atom is -0.343 e. The van der Waals surface area contributed by atoms with Gasteiger partial charge >= 0.3 is 0 Å². The summed E-state index contributed by atoms with van der Waals surface area (Å²) in [4.78, 5) is 17.0. The highest BCUT2D eigenvalue weighted by molar-refractivity contribution is 5.76. The number of amides is 1. The van der Waals surface area contributed by atoms with Gasteiger partial charge in [-0.3, -0.25) is 4.79 Å². The maximum atomic E-state index is 12.4. The molecule has 3 rings (SSSR count). The van der Waals surface area contributed by atoms with E-state index in [1.54, 1.807) is 0 Å². The summed E-state index contributed by atoms with van der Waals surface area (Å²) in [5.41, 5.74) is 1.86. The highest BCUT2D eigenvalue weighted by Gasteiger charge is 2.45. The highest BCUT2D eigenvalue weighted by Crippen LogP contribution is 2.49. The van der Waals surface area contributed by atoms with E-state index in [-0.39, 0.29) is 0 Å². The lowest BCUT2D eigenvalue weighted by Crippen LogP contribution is -2.51. The van der Waals surface area contributed by atoms with Gasteiger partial charge in [-0.25, -0.2) is 0 Å². The fourth-order valence-corrected chi connectivity index (χ4v) is 4.61. The van der Waals surface area contributed by atoms with Crippen molar-refractivity contribution in [2.45, 2.75) is 45.4 Å². The van der Waals surface area contributed by atoms with Crippen molar-refractivity contribution in [2.75, 3.05) is 33.2 Å². The molecular weight excluding hydrogens is 296 g/mol. The summed E-state index contributed by atoms with van der Waals surface area (Å²) in [5.74, 6) is 1.40. The van der Waals surface area contributed by atoms with Gasteiger partial charge in [-0.1, -0.05) is 44.2 Å². The number of benzene rings is 1. The Labute approximate surface area is 147 Å². The minimum absolute atomic E-state index is 0.351. The van der Waals surface area contributed by atoms with Crippen molar-refractivity contribution in [2.24, 2.45) is 11.3 Å². The average molecular weight is 329 g/mol. The van der Waals surface area contributed by atoms with Crippen molar-refractivity contribution in [3.63, 3.8) is 0 Å². The van der Waals surface area contributed by atoms with E-state index < -0.39 is 0 Å². The molecular formula is C21H32N2O. The van der Waals surface area contributed by atoms with Crippen LogP contribution in [0.5, 0.6) is 0 Å². The number of likely N-dealkylation sites (N-methyl/N-ethyl adjacent to an activating group) is 1. The summed E-state index contributed by atoms with van der Waals surface area (Å²) in [6.07, 6.45) is 4.27. The van der Waals surface area contributed by atoms with Gasteiger partial charge in [0.25, 0.3) is 0 Å². The zero-order valence-electron chi connectivity index (χ0n) is 15.5. The molecule has 2 saturated heterocycles. The molecule has 1 aromatic rings. The van der Waals surface area contributed by atoms with Crippen LogP contribution >= 0.6 is 0 Å². The third-order valence-corrected chi connectivity index (χ3v) is 6.12. The summed E-state index contributed by atoms with van der Waals surface area (Å²) in [6.45, 7) is 8.47. The van der Waals surface area contributed by atoms with Crippen LogP contribution in [0, 0.1) is 11.3 Å². The van der Waals surface area contributed by atoms with Crippen molar-refractivity contribution in [1.29, 1.82) is 0 Å². The Balaban J connectivity index is 1.73. The van der Waals surface area contributed by atoms with Gasteiger partial charge in [-0.2, -0.15) is 0 Å². The Bertz CT molecular complexity index is 546. The van der Waals surface area contributed by atoms with Crippen LogP contribution in [-0.2, 0) is 4.79 Å². The van der Waals surface area contributed by atoms with Gasteiger partial charge in [0.2, 0.25) is 5.91 Å². The highest BCUT2D eigenvalue weighted by atomic mass is 16.2. The number of rotatable bonds is 3.